The molecule has 4 nitrogen and oxygen atoms in total. The van der Waals surface area contributed by atoms with E-state index in [2.05, 4.69) is 0 Å². The zero-order chi connectivity index (χ0) is 14.7. The molecule has 0 N–H and O–H groups in total. The van der Waals surface area contributed by atoms with Crippen LogP contribution in [0, 0.1) is 5.92 Å². The number of hydrogen-bond acceptors (Lipinski definition) is 3. The molecule has 1 aromatic carbocycles. The van der Waals surface area contributed by atoms with Crippen molar-refractivity contribution < 1.29 is 14.3 Å². The number of nitrogens with zero attached hydrogens (tertiary/aromatic N) is 1. The van der Waals surface area contributed by atoms with E-state index < -0.39 is 0 Å². The second kappa shape index (κ2) is 6.46. The lowest BCUT2D eigenvalue weighted by atomic mass is 9.96. The Balaban J connectivity index is 2.07. The summed E-state index contributed by atoms with van der Waals surface area (Å²) in [5.41, 5.74) is 0.326. The molecule has 1 aromatic rings. The number of methoxy groups -OCH3 is 1. The molecule has 2 rings (SSSR count). The summed E-state index contributed by atoms with van der Waals surface area (Å²) in [4.78, 5) is 25.6. The summed E-state index contributed by atoms with van der Waals surface area (Å²) in [7, 11) is 1.38. The third kappa shape index (κ3) is 3.07. The fourth-order valence-corrected chi connectivity index (χ4v) is 2.90. The highest BCUT2D eigenvalue weighted by Gasteiger charge is 2.29. The van der Waals surface area contributed by atoms with Crippen LogP contribution in [0.25, 0.3) is 0 Å². The van der Waals surface area contributed by atoms with Crippen LogP contribution in [-0.4, -0.2) is 37.0 Å². The van der Waals surface area contributed by atoms with Crippen LogP contribution in [0.15, 0.2) is 18.2 Å². The Morgan fingerprint density at radius 2 is 1.75 bits per heavy atom. The molecule has 108 valence electrons. The summed E-state index contributed by atoms with van der Waals surface area (Å²) in [6.45, 7) is 1.00. The van der Waals surface area contributed by atoms with Crippen LogP contribution in [0.1, 0.15) is 23.2 Å². The number of ether oxygens (including phenoxy) is 1. The fraction of sp³-hybridized carbons (Fsp3) is 0.429. The molecule has 1 fully saturated rings. The SMILES string of the molecule is COC(=O)C1CCN(C(=O)c2c(Cl)cccc2Cl)CC1. The van der Waals surface area contributed by atoms with Gasteiger partial charge in [-0.1, -0.05) is 29.3 Å². The lowest BCUT2D eigenvalue weighted by molar-refractivity contribution is -0.146. The third-order valence-electron chi connectivity index (χ3n) is 3.49. The Bertz CT molecular complexity index is 505. The molecule has 0 aromatic heterocycles. The number of halogens is 2. The van der Waals surface area contributed by atoms with E-state index in [0.29, 0.717) is 41.5 Å². The summed E-state index contributed by atoms with van der Waals surface area (Å²) in [5.74, 6) is -0.539. The summed E-state index contributed by atoms with van der Waals surface area (Å²) >= 11 is 12.1. The highest BCUT2D eigenvalue weighted by molar-refractivity contribution is 6.39. The Hall–Kier alpha value is -1.26. The first-order valence-electron chi connectivity index (χ1n) is 6.35. The molecule has 1 amide bonds. The molecule has 6 heteroatoms. The van der Waals surface area contributed by atoms with Crippen LogP contribution in [0.4, 0.5) is 0 Å². The molecular formula is C14H15Cl2NO3. The minimum absolute atomic E-state index is 0.134. The Morgan fingerprint density at radius 1 is 1.20 bits per heavy atom. The van der Waals surface area contributed by atoms with Gasteiger partial charge in [-0.3, -0.25) is 9.59 Å². The first kappa shape index (κ1) is 15.1. The number of benzene rings is 1. The van der Waals surface area contributed by atoms with E-state index in [-0.39, 0.29) is 17.8 Å². The third-order valence-corrected chi connectivity index (χ3v) is 4.12. The number of piperidine rings is 1. The van der Waals surface area contributed by atoms with Gasteiger partial charge in [-0.2, -0.15) is 0 Å². The Kier molecular flexibility index (Phi) is 4.89. The van der Waals surface area contributed by atoms with Gasteiger partial charge in [-0.15, -0.1) is 0 Å². The number of carbonyl (C=O) groups excluding carboxylic acids is 2. The van der Waals surface area contributed by atoms with Crippen LogP contribution >= 0.6 is 23.2 Å². The number of carbonyl (C=O) groups is 2. The van der Waals surface area contributed by atoms with Gasteiger partial charge in [0.05, 0.1) is 28.6 Å². The van der Waals surface area contributed by atoms with Crippen molar-refractivity contribution in [1.29, 1.82) is 0 Å². The molecule has 0 saturated carbocycles. The van der Waals surface area contributed by atoms with Crippen LogP contribution in [0.3, 0.4) is 0 Å². The van der Waals surface area contributed by atoms with Crippen molar-refractivity contribution in [3.63, 3.8) is 0 Å². The normalized spacial score (nSPS) is 16.1. The molecule has 1 aliphatic heterocycles. The van der Waals surface area contributed by atoms with Crippen LogP contribution in [0.5, 0.6) is 0 Å². The monoisotopic (exact) mass is 315 g/mol. The van der Waals surface area contributed by atoms with Crippen molar-refractivity contribution in [3.05, 3.63) is 33.8 Å². The number of esters is 1. The highest BCUT2D eigenvalue weighted by atomic mass is 35.5. The molecule has 0 aliphatic carbocycles. The second-order valence-corrected chi connectivity index (χ2v) is 5.50. The van der Waals surface area contributed by atoms with Gasteiger partial charge in [0.1, 0.15) is 0 Å². The molecule has 0 radical (unpaired) electrons. The number of likely N-dealkylation sites (tertiary alicyclic amines) is 1. The van der Waals surface area contributed by atoms with Crippen molar-refractivity contribution in [1.82, 2.24) is 4.90 Å². The summed E-state index contributed by atoms with van der Waals surface area (Å²) in [6.07, 6.45) is 1.20. The largest absolute Gasteiger partial charge is 0.469 e. The maximum atomic E-state index is 12.4. The van der Waals surface area contributed by atoms with E-state index >= 15 is 0 Å². The van der Waals surface area contributed by atoms with Gasteiger partial charge in [0, 0.05) is 13.1 Å². The molecule has 1 aliphatic rings. The van der Waals surface area contributed by atoms with E-state index in [1.807, 2.05) is 0 Å². The van der Waals surface area contributed by atoms with Gasteiger partial charge in [0.25, 0.3) is 5.91 Å². The predicted molar refractivity (Wildman–Crippen MR) is 77.1 cm³/mol. The topological polar surface area (TPSA) is 46.6 Å². The van der Waals surface area contributed by atoms with Crippen LogP contribution in [0.2, 0.25) is 10.0 Å². The molecule has 0 bridgehead atoms. The second-order valence-electron chi connectivity index (χ2n) is 4.69. The molecule has 0 unspecified atom stereocenters. The first-order chi connectivity index (χ1) is 9.54. The standard InChI is InChI=1S/C14H15Cl2NO3/c1-20-14(19)9-5-7-17(8-6-9)13(18)12-10(15)3-2-4-11(12)16/h2-4,9H,5-8H2,1H3. The zero-order valence-electron chi connectivity index (χ0n) is 11.1. The lowest BCUT2D eigenvalue weighted by Crippen LogP contribution is -2.40. The first-order valence-corrected chi connectivity index (χ1v) is 7.11. The van der Waals surface area contributed by atoms with Gasteiger partial charge in [-0.25, -0.2) is 0 Å². The summed E-state index contributed by atoms with van der Waals surface area (Å²) < 4.78 is 4.72. The fourth-order valence-electron chi connectivity index (χ4n) is 2.35. The van der Waals surface area contributed by atoms with Gasteiger partial charge in [-0.05, 0) is 25.0 Å². The molecular weight excluding hydrogens is 301 g/mol. The summed E-state index contributed by atoms with van der Waals surface area (Å²) in [6, 6.07) is 4.98. The maximum absolute atomic E-state index is 12.4. The summed E-state index contributed by atoms with van der Waals surface area (Å²) in [5, 5.41) is 0.690. The van der Waals surface area contributed by atoms with Crippen molar-refractivity contribution in [3.8, 4) is 0 Å². The number of amides is 1. The molecule has 20 heavy (non-hydrogen) atoms. The van der Waals surface area contributed by atoms with Crippen LogP contribution in [-0.2, 0) is 9.53 Å². The van der Waals surface area contributed by atoms with Gasteiger partial charge in [0.2, 0.25) is 0 Å². The molecule has 1 saturated heterocycles. The van der Waals surface area contributed by atoms with E-state index in [1.54, 1.807) is 23.1 Å². The van der Waals surface area contributed by atoms with E-state index in [1.165, 1.54) is 7.11 Å². The van der Waals surface area contributed by atoms with Gasteiger partial charge >= 0.3 is 5.97 Å². The van der Waals surface area contributed by atoms with Crippen molar-refractivity contribution in [2.75, 3.05) is 20.2 Å². The molecule has 1 heterocycles. The van der Waals surface area contributed by atoms with Crippen molar-refractivity contribution in [2.45, 2.75) is 12.8 Å². The lowest BCUT2D eigenvalue weighted by Gasteiger charge is -2.31. The van der Waals surface area contributed by atoms with Crippen molar-refractivity contribution >= 4 is 35.1 Å². The minimum Gasteiger partial charge on any atom is -0.469 e. The quantitative estimate of drug-likeness (QED) is 0.788. The van der Waals surface area contributed by atoms with Crippen LogP contribution < -0.4 is 0 Å². The predicted octanol–water partition coefficient (Wildman–Crippen LogP) is 3.02. The average Bonchev–Trinajstić information content (AvgIpc) is 2.46. The zero-order valence-corrected chi connectivity index (χ0v) is 12.6. The maximum Gasteiger partial charge on any atom is 0.308 e. The molecule has 0 atom stereocenters. The Labute approximate surface area is 127 Å². The minimum atomic E-state index is -0.215. The van der Waals surface area contributed by atoms with E-state index in [4.69, 9.17) is 27.9 Å². The number of hydrogen-bond donors (Lipinski definition) is 0. The van der Waals surface area contributed by atoms with E-state index in [9.17, 15) is 9.59 Å². The van der Waals surface area contributed by atoms with Gasteiger partial charge < -0.3 is 9.64 Å². The highest BCUT2D eigenvalue weighted by Crippen LogP contribution is 2.27. The van der Waals surface area contributed by atoms with E-state index in [0.717, 1.165) is 0 Å². The Morgan fingerprint density at radius 3 is 2.25 bits per heavy atom. The van der Waals surface area contributed by atoms with Crippen molar-refractivity contribution in [2.24, 2.45) is 5.92 Å². The molecule has 0 spiro atoms. The smallest absolute Gasteiger partial charge is 0.308 e. The average molecular weight is 316 g/mol. The number of rotatable bonds is 2. The van der Waals surface area contributed by atoms with Gasteiger partial charge in [0.15, 0.2) is 0 Å².